The van der Waals surface area contributed by atoms with E-state index in [-0.39, 0.29) is 21.4 Å². The van der Waals surface area contributed by atoms with Crippen LogP contribution in [0, 0.1) is 5.82 Å². The Balaban J connectivity index is 2.02. The molecule has 0 saturated carbocycles. The molecule has 0 spiro atoms. The minimum absolute atomic E-state index is 0.188. The molecular weight excluding hydrogens is 350 g/mol. The Bertz CT molecular complexity index is 640. The number of rotatable bonds is 2. The number of benzene rings is 1. The molecule has 2 aromatic rings. The average molecular weight is 361 g/mol. The van der Waals surface area contributed by atoms with Gasteiger partial charge in [0.15, 0.2) is 0 Å². The lowest BCUT2D eigenvalue weighted by atomic mass is 10.1. The van der Waals surface area contributed by atoms with Crippen molar-refractivity contribution in [2.75, 3.05) is 17.3 Å². The summed E-state index contributed by atoms with van der Waals surface area (Å²) in [6.07, 6.45) is 0. The van der Waals surface area contributed by atoms with E-state index in [1.54, 1.807) is 30.0 Å². The summed E-state index contributed by atoms with van der Waals surface area (Å²) < 4.78 is 13.9. The number of hydrogen-bond acceptors (Lipinski definition) is 4. The van der Waals surface area contributed by atoms with E-state index < -0.39 is 0 Å². The van der Waals surface area contributed by atoms with E-state index in [0.29, 0.717) is 17.0 Å². The molecule has 0 amide bonds. The van der Waals surface area contributed by atoms with Gasteiger partial charge in [-0.25, -0.2) is 14.4 Å². The summed E-state index contributed by atoms with van der Waals surface area (Å²) in [5.74, 6) is 3.37. The quantitative estimate of drug-likeness (QED) is 0.694. The van der Waals surface area contributed by atoms with Crippen molar-refractivity contribution < 1.29 is 4.39 Å². The topological polar surface area (TPSA) is 25.8 Å². The third-order valence-corrected chi connectivity index (χ3v) is 6.38. The van der Waals surface area contributed by atoms with Crippen molar-refractivity contribution in [3.05, 3.63) is 46.2 Å². The van der Waals surface area contributed by atoms with E-state index in [2.05, 4.69) is 9.97 Å². The zero-order valence-corrected chi connectivity index (χ0v) is 14.0. The monoisotopic (exact) mass is 360 g/mol. The fourth-order valence-corrected chi connectivity index (χ4v) is 5.29. The number of hydrogen-bond donors (Lipinski definition) is 0. The predicted molar refractivity (Wildman–Crippen MR) is 90.0 cm³/mol. The summed E-state index contributed by atoms with van der Waals surface area (Å²) in [4.78, 5) is 8.69. The Hall–Kier alpha value is -0.490. The van der Waals surface area contributed by atoms with E-state index in [4.69, 9.17) is 23.2 Å². The summed E-state index contributed by atoms with van der Waals surface area (Å²) >= 11 is 16.2. The van der Waals surface area contributed by atoms with Gasteiger partial charge >= 0.3 is 0 Å². The Morgan fingerprint density at radius 2 is 1.81 bits per heavy atom. The Morgan fingerprint density at radius 3 is 2.43 bits per heavy atom. The van der Waals surface area contributed by atoms with Gasteiger partial charge in [-0.05, 0) is 6.07 Å². The maximum atomic E-state index is 13.9. The molecule has 0 radical (unpaired) electrons. The van der Waals surface area contributed by atoms with Crippen molar-refractivity contribution >= 4 is 46.7 Å². The van der Waals surface area contributed by atoms with Gasteiger partial charge in [0.2, 0.25) is 0 Å². The van der Waals surface area contributed by atoms with Gasteiger partial charge in [-0.3, -0.25) is 0 Å². The van der Waals surface area contributed by atoms with Gasteiger partial charge in [-0.15, -0.1) is 11.8 Å². The Kier molecular flexibility index (Phi) is 4.94. The first-order valence-corrected chi connectivity index (χ1v) is 9.30. The number of thioether (sulfide) groups is 2. The van der Waals surface area contributed by atoms with Crippen LogP contribution in [0.2, 0.25) is 10.3 Å². The summed E-state index contributed by atoms with van der Waals surface area (Å²) in [5.41, 5.74) is 0.679. The van der Waals surface area contributed by atoms with E-state index in [1.165, 1.54) is 6.07 Å². The lowest BCUT2D eigenvalue weighted by molar-refractivity contribution is 0.631. The number of aromatic nitrogens is 2. The normalized spacial score (nSPS) is 18.7. The van der Waals surface area contributed by atoms with Crippen LogP contribution in [0.1, 0.15) is 11.1 Å². The van der Waals surface area contributed by atoms with E-state index in [9.17, 15) is 4.39 Å². The van der Waals surface area contributed by atoms with Gasteiger partial charge in [-0.1, -0.05) is 41.4 Å². The van der Waals surface area contributed by atoms with Gasteiger partial charge < -0.3 is 0 Å². The second kappa shape index (κ2) is 6.73. The summed E-state index contributed by atoms with van der Waals surface area (Å²) in [6.45, 7) is 0. The van der Waals surface area contributed by atoms with Crippen LogP contribution in [0.15, 0.2) is 24.3 Å². The summed E-state index contributed by atoms with van der Waals surface area (Å²) in [6, 6.07) is 6.33. The van der Waals surface area contributed by atoms with Crippen molar-refractivity contribution in [2.24, 2.45) is 0 Å². The van der Waals surface area contributed by atoms with Gasteiger partial charge in [0.25, 0.3) is 0 Å². The van der Waals surface area contributed by atoms with Crippen LogP contribution in [-0.2, 0) is 0 Å². The van der Waals surface area contributed by atoms with Crippen molar-refractivity contribution in [3.8, 4) is 11.1 Å². The van der Waals surface area contributed by atoms with Gasteiger partial charge in [0.1, 0.15) is 21.9 Å². The third-order valence-electron chi connectivity index (χ3n) is 3.09. The molecular formula is C14H11Cl2FN2S2. The first-order chi connectivity index (χ1) is 10.2. The molecule has 1 aliphatic heterocycles. The summed E-state index contributed by atoms with van der Waals surface area (Å²) in [5, 5.41) is 0.589. The van der Waals surface area contributed by atoms with E-state index in [0.717, 1.165) is 17.3 Å². The van der Waals surface area contributed by atoms with Crippen LogP contribution < -0.4 is 0 Å². The molecule has 1 saturated heterocycles. The molecule has 2 nitrogen and oxygen atoms in total. The molecule has 1 atom stereocenters. The Morgan fingerprint density at radius 1 is 1.10 bits per heavy atom. The van der Waals surface area contributed by atoms with Crippen LogP contribution in [0.25, 0.3) is 11.1 Å². The maximum absolute atomic E-state index is 13.9. The van der Waals surface area contributed by atoms with E-state index in [1.807, 2.05) is 11.8 Å². The highest BCUT2D eigenvalue weighted by atomic mass is 35.5. The van der Waals surface area contributed by atoms with Crippen molar-refractivity contribution in [1.29, 1.82) is 0 Å². The maximum Gasteiger partial charge on any atom is 0.145 e. The molecule has 1 aromatic carbocycles. The molecule has 1 fully saturated rings. The molecule has 0 N–H and O–H groups in total. The minimum atomic E-state index is -0.389. The highest BCUT2D eigenvalue weighted by Gasteiger charge is 2.23. The van der Waals surface area contributed by atoms with Crippen LogP contribution in [0.3, 0.4) is 0 Å². The van der Waals surface area contributed by atoms with Crippen LogP contribution >= 0.6 is 46.7 Å². The van der Waals surface area contributed by atoms with Crippen LogP contribution in [-0.4, -0.2) is 27.2 Å². The number of nitrogens with zero attached hydrogens (tertiary/aromatic N) is 2. The van der Waals surface area contributed by atoms with Crippen molar-refractivity contribution in [2.45, 2.75) is 5.25 Å². The Labute approximate surface area is 140 Å². The molecule has 2 heterocycles. The van der Waals surface area contributed by atoms with Gasteiger partial charge in [-0.2, -0.15) is 11.8 Å². The molecule has 1 aliphatic rings. The fourth-order valence-electron chi connectivity index (χ4n) is 2.09. The number of halogens is 3. The van der Waals surface area contributed by atoms with Gasteiger partial charge in [0.05, 0.1) is 10.8 Å². The fraction of sp³-hybridized carbons (Fsp3) is 0.286. The third kappa shape index (κ3) is 3.31. The zero-order valence-electron chi connectivity index (χ0n) is 10.9. The van der Waals surface area contributed by atoms with Crippen molar-refractivity contribution in [1.82, 2.24) is 9.97 Å². The molecule has 0 aliphatic carbocycles. The molecule has 3 rings (SSSR count). The standard InChI is InChI=1S/C14H11Cl2FN2S2/c15-12-11(8-3-1-2-4-9(8)17)13(16)19-14(18-12)10-7-20-5-6-21-10/h1-4,10H,5-7H2. The molecule has 21 heavy (non-hydrogen) atoms. The first-order valence-electron chi connectivity index (χ1n) is 6.34. The molecule has 1 unspecified atom stereocenters. The lowest BCUT2D eigenvalue weighted by Gasteiger charge is -2.20. The highest BCUT2D eigenvalue weighted by molar-refractivity contribution is 8.06. The predicted octanol–water partition coefficient (Wildman–Crippen LogP) is 5.11. The zero-order chi connectivity index (χ0) is 14.8. The second-order valence-electron chi connectivity index (χ2n) is 4.45. The average Bonchev–Trinajstić information content (AvgIpc) is 2.49. The van der Waals surface area contributed by atoms with Crippen LogP contribution in [0.5, 0.6) is 0 Å². The highest BCUT2D eigenvalue weighted by Crippen LogP contribution is 2.39. The minimum Gasteiger partial charge on any atom is -0.219 e. The largest absolute Gasteiger partial charge is 0.219 e. The smallest absolute Gasteiger partial charge is 0.145 e. The lowest BCUT2D eigenvalue weighted by Crippen LogP contribution is -2.11. The van der Waals surface area contributed by atoms with Crippen LogP contribution in [0.4, 0.5) is 4.39 Å². The summed E-state index contributed by atoms with van der Waals surface area (Å²) in [7, 11) is 0. The van der Waals surface area contributed by atoms with E-state index >= 15 is 0 Å². The molecule has 110 valence electrons. The first kappa shape index (κ1) is 15.4. The molecule has 7 heteroatoms. The van der Waals surface area contributed by atoms with Crippen molar-refractivity contribution in [3.63, 3.8) is 0 Å². The SMILES string of the molecule is Fc1ccccc1-c1c(Cl)nc(C2CSCCS2)nc1Cl. The van der Waals surface area contributed by atoms with Gasteiger partial charge in [0, 0.05) is 22.8 Å². The second-order valence-corrected chi connectivity index (χ2v) is 7.63. The molecule has 0 bridgehead atoms. The molecule has 1 aromatic heterocycles.